The molecule has 2 aliphatic rings. The highest BCUT2D eigenvalue weighted by molar-refractivity contribution is 5.94. The Morgan fingerprint density at radius 2 is 2.10 bits per heavy atom. The third kappa shape index (κ3) is 3.04. The van der Waals surface area contributed by atoms with Crippen LogP contribution in [0.15, 0.2) is 24.3 Å². The van der Waals surface area contributed by atoms with Crippen LogP contribution in [-0.4, -0.2) is 56.2 Å². The Bertz CT molecular complexity index is 502. The monoisotopic (exact) mass is 289 g/mol. The molecular formula is C16H23N3O2. The smallest absolute Gasteiger partial charge is 0.253 e. The number of nitrogens with zero attached hydrogens (tertiary/aromatic N) is 1. The van der Waals surface area contributed by atoms with Gasteiger partial charge >= 0.3 is 0 Å². The van der Waals surface area contributed by atoms with Gasteiger partial charge in [-0.15, -0.1) is 0 Å². The summed E-state index contributed by atoms with van der Waals surface area (Å²) in [6, 6.07) is 7.40. The molecule has 1 spiro atoms. The predicted molar refractivity (Wildman–Crippen MR) is 81.7 cm³/mol. The molecular weight excluding hydrogens is 266 g/mol. The van der Waals surface area contributed by atoms with Gasteiger partial charge in [-0.25, -0.2) is 0 Å². The molecule has 2 N–H and O–H groups in total. The fourth-order valence-electron chi connectivity index (χ4n) is 3.24. The normalized spacial score (nSPS) is 21.3. The zero-order chi connectivity index (χ0) is 14.7. The van der Waals surface area contributed by atoms with Gasteiger partial charge in [0.2, 0.25) is 0 Å². The molecule has 0 radical (unpaired) electrons. The zero-order valence-electron chi connectivity index (χ0n) is 12.5. The predicted octanol–water partition coefficient (Wildman–Crippen LogP) is 0.863. The highest BCUT2D eigenvalue weighted by Crippen LogP contribution is 2.24. The van der Waals surface area contributed by atoms with Crippen LogP contribution in [0.4, 0.5) is 0 Å². The minimum Gasteiger partial charge on any atom is -0.497 e. The first-order valence-electron chi connectivity index (χ1n) is 7.62. The highest BCUT2D eigenvalue weighted by Gasteiger charge is 2.36. The van der Waals surface area contributed by atoms with E-state index in [1.807, 2.05) is 29.2 Å². The van der Waals surface area contributed by atoms with Crippen molar-refractivity contribution >= 4 is 5.91 Å². The number of amides is 1. The van der Waals surface area contributed by atoms with Crippen LogP contribution in [0.1, 0.15) is 23.2 Å². The van der Waals surface area contributed by atoms with E-state index in [1.165, 1.54) is 0 Å². The lowest BCUT2D eigenvalue weighted by Gasteiger charge is -2.45. The molecule has 5 nitrogen and oxygen atoms in total. The molecule has 1 aromatic carbocycles. The molecule has 21 heavy (non-hydrogen) atoms. The lowest BCUT2D eigenvalue weighted by molar-refractivity contribution is 0.0624. The Morgan fingerprint density at radius 1 is 1.29 bits per heavy atom. The van der Waals surface area contributed by atoms with Crippen molar-refractivity contribution in [2.75, 3.05) is 39.8 Å². The summed E-state index contributed by atoms with van der Waals surface area (Å²) < 4.78 is 5.19. The Kier molecular flexibility index (Phi) is 4.12. The van der Waals surface area contributed by atoms with Crippen molar-refractivity contribution < 1.29 is 9.53 Å². The van der Waals surface area contributed by atoms with Crippen molar-refractivity contribution in [3.63, 3.8) is 0 Å². The lowest BCUT2D eigenvalue weighted by Crippen LogP contribution is -2.63. The van der Waals surface area contributed by atoms with E-state index in [9.17, 15) is 4.79 Å². The number of piperazine rings is 1. The van der Waals surface area contributed by atoms with Crippen LogP contribution in [0.3, 0.4) is 0 Å². The van der Waals surface area contributed by atoms with Crippen molar-refractivity contribution in [3.8, 4) is 5.75 Å². The molecule has 1 aromatic rings. The number of likely N-dealkylation sites (tertiary alicyclic amines) is 1. The molecule has 0 aromatic heterocycles. The average molecular weight is 289 g/mol. The zero-order valence-corrected chi connectivity index (χ0v) is 12.5. The fraction of sp³-hybridized carbons (Fsp3) is 0.562. The van der Waals surface area contributed by atoms with Crippen LogP contribution >= 0.6 is 0 Å². The summed E-state index contributed by atoms with van der Waals surface area (Å²) in [7, 11) is 1.62. The van der Waals surface area contributed by atoms with Gasteiger partial charge in [0.15, 0.2) is 0 Å². The van der Waals surface area contributed by atoms with E-state index in [4.69, 9.17) is 4.74 Å². The largest absolute Gasteiger partial charge is 0.497 e. The quantitative estimate of drug-likeness (QED) is 0.848. The van der Waals surface area contributed by atoms with Gasteiger partial charge in [-0.1, -0.05) is 6.07 Å². The van der Waals surface area contributed by atoms with Crippen LogP contribution in [0.5, 0.6) is 5.75 Å². The number of rotatable bonds is 2. The number of piperidine rings is 1. The molecule has 0 saturated carbocycles. The maximum atomic E-state index is 12.6. The number of methoxy groups -OCH3 is 1. The van der Waals surface area contributed by atoms with E-state index in [0.717, 1.165) is 51.3 Å². The number of nitrogens with one attached hydrogen (secondary N) is 2. The van der Waals surface area contributed by atoms with E-state index in [2.05, 4.69) is 10.6 Å². The number of hydrogen-bond acceptors (Lipinski definition) is 4. The Hall–Kier alpha value is -1.59. The van der Waals surface area contributed by atoms with Gasteiger partial charge < -0.3 is 20.3 Å². The Balaban J connectivity index is 1.64. The second-order valence-corrected chi connectivity index (χ2v) is 5.91. The molecule has 2 aliphatic heterocycles. The summed E-state index contributed by atoms with van der Waals surface area (Å²) in [5.74, 6) is 0.833. The van der Waals surface area contributed by atoms with Crippen molar-refractivity contribution in [3.05, 3.63) is 29.8 Å². The molecule has 5 heteroatoms. The summed E-state index contributed by atoms with van der Waals surface area (Å²) in [6.45, 7) is 4.68. The first-order valence-corrected chi connectivity index (χ1v) is 7.62. The fourth-order valence-corrected chi connectivity index (χ4v) is 3.24. The lowest BCUT2D eigenvalue weighted by atomic mass is 9.86. The average Bonchev–Trinajstić information content (AvgIpc) is 2.56. The summed E-state index contributed by atoms with van der Waals surface area (Å²) in [4.78, 5) is 14.5. The highest BCUT2D eigenvalue weighted by atomic mass is 16.5. The third-order valence-electron chi connectivity index (χ3n) is 4.59. The molecule has 1 amide bonds. The van der Waals surface area contributed by atoms with Gasteiger partial charge in [-0.3, -0.25) is 4.79 Å². The minimum absolute atomic E-state index is 0.104. The van der Waals surface area contributed by atoms with Crippen molar-refractivity contribution in [1.82, 2.24) is 15.5 Å². The SMILES string of the molecule is COc1cccc(C(=O)N2CCC3(CC2)CNCCN3)c1. The number of carbonyl (C=O) groups excluding carboxylic acids is 1. The van der Waals surface area contributed by atoms with Gasteiger partial charge in [0.05, 0.1) is 7.11 Å². The molecule has 2 heterocycles. The maximum absolute atomic E-state index is 12.6. The Labute approximate surface area is 125 Å². The molecule has 114 valence electrons. The van der Waals surface area contributed by atoms with Gasteiger partial charge in [-0.2, -0.15) is 0 Å². The van der Waals surface area contributed by atoms with Crippen LogP contribution < -0.4 is 15.4 Å². The number of carbonyl (C=O) groups is 1. The molecule has 3 rings (SSSR count). The van der Waals surface area contributed by atoms with E-state index < -0.39 is 0 Å². The Morgan fingerprint density at radius 3 is 2.76 bits per heavy atom. The molecule has 0 unspecified atom stereocenters. The number of ether oxygens (including phenoxy) is 1. The summed E-state index contributed by atoms with van der Waals surface area (Å²) in [5, 5.41) is 7.09. The first-order chi connectivity index (χ1) is 10.2. The number of benzene rings is 1. The summed E-state index contributed by atoms with van der Waals surface area (Å²) >= 11 is 0. The maximum Gasteiger partial charge on any atom is 0.253 e. The first kappa shape index (κ1) is 14.4. The molecule has 2 fully saturated rings. The second kappa shape index (κ2) is 6.03. The van der Waals surface area contributed by atoms with Crippen LogP contribution in [0.2, 0.25) is 0 Å². The topological polar surface area (TPSA) is 53.6 Å². The molecule has 0 aliphatic carbocycles. The summed E-state index contributed by atoms with van der Waals surface area (Å²) in [5.41, 5.74) is 0.892. The van der Waals surface area contributed by atoms with Gasteiger partial charge in [0, 0.05) is 43.8 Å². The second-order valence-electron chi connectivity index (χ2n) is 5.91. The number of hydrogen-bond donors (Lipinski definition) is 2. The van der Waals surface area contributed by atoms with Crippen LogP contribution in [0, 0.1) is 0 Å². The van der Waals surface area contributed by atoms with E-state index in [0.29, 0.717) is 5.56 Å². The van der Waals surface area contributed by atoms with Gasteiger partial charge in [0.1, 0.15) is 5.75 Å². The standard InChI is InChI=1S/C16H23N3O2/c1-21-14-4-2-3-13(11-14)15(20)19-9-5-16(6-10-19)12-17-7-8-18-16/h2-4,11,17-18H,5-10,12H2,1H3. The van der Waals surface area contributed by atoms with E-state index in [-0.39, 0.29) is 11.4 Å². The van der Waals surface area contributed by atoms with Crippen LogP contribution in [-0.2, 0) is 0 Å². The van der Waals surface area contributed by atoms with Crippen LogP contribution in [0.25, 0.3) is 0 Å². The van der Waals surface area contributed by atoms with E-state index in [1.54, 1.807) is 7.11 Å². The minimum atomic E-state index is 0.104. The van der Waals surface area contributed by atoms with Crippen molar-refractivity contribution in [2.45, 2.75) is 18.4 Å². The van der Waals surface area contributed by atoms with Gasteiger partial charge in [0.25, 0.3) is 5.91 Å². The van der Waals surface area contributed by atoms with Gasteiger partial charge in [-0.05, 0) is 31.0 Å². The molecule has 2 saturated heterocycles. The third-order valence-corrected chi connectivity index (χ3v) is 4.59. The molecule has 0 bridgehead atoms. The van der Waals surface area contributed by atoms with Crippen molar-refractivity contribution in [2.24, 2.45) is 0 Å². The summed E-state index contributed by atoms with van der Waals surface area (Å²) in [6.07, 6.45) is 2.02. The molecule has 0 atom stereocenters. The van der Waals surface area contributed by atoms with E-state index >= 15 is 0 Å². The van der Waals surface area contributed by atoms with Crippen molar-refractivity contribution in [1.29, 1.82) is 0 Å².